The molecule has 0 saturated heterocycles. The Labute approximate surface area is 130 Å². The van der Waals surface area contributed by atoms with Gasteiger partial charge >= 0.3 is 11.7 Å². The monoisotopic (exact) mass is 319 g/mol. The van der Waals surface area contributed by atoms with Crippen molar-refractivity contribution in [1.29, 1.82) is 0 Å². The minimum atomic E-state index is -0.593. The first-order valence-electron chi connectivity index (χ1n) is 6.74. The van der Waals surface area contributed by atoms with Crippen LogP contribution in [0.25, 0.3) is 0 Å². The van der Waals surface area contributed by atoms with Crippen LogP contribution in [0.15, 0.2) is 18.2 Å². The number of aryl methyl sites for hydroxylation is 1. The number of carbonyl (C=O) groups excluding carboxylic acids is 1. The van der Waals surface area contributed by atoms with Crippen LogP contribution in [0.2, 0.25) is 0 Å². The summed E-state index contributed by atoms with van der Waals surface area (Å²) in [6.07, 6.45) is 0. The zero-order valence-corrected chi connectivity index (χ0v) is 12.4. The van der Waals surface area contributed by atoms with Crippen LogP contribution in [0.4, 0.5) is 5.69 Å². The van der Waals surface area contributed by atoms with E-state index in [0.29, 0.717) is 22.9 Å². The molecule has 0 aliphatic carbocycles. The van der Waals surface area contributed by atoms with Gasteiger partial charge in [0.2, 0.25) is 6.79 Å². The van der Waals surface area contributed by atoms with E-state index >= 15 is 0 Å². The largest absolute Gasteiger partial charge is 0.454 e. The Morgan fingerprint density at radius 1 is 1.39 bits per heavy atom. The highest BCUT2D eigenvalue weighted by Gasteiger charge is 2.23. The van der Waals surface area contributed by atoms with Crippen molar-refractivity contribution < 1.29 is 23.9 Å². The van der Waals surface area contributed by atoms with E-state index in [4.69, 9.17) is 14.2 Å². The topological polar surface area (TPSA) is 106 Å². The zero-order valence-electron chi connectivity index (χ0n) is 12.4. The summed E-state index contributed by atoms with van der Waals surface area (Å²) in [5.41, 5.74) is 0.458. The van der Waals surface area contributed by atoms with Gasteiger partial charge in [-0.3, -0.25) is 14.8 Å². The maximum Gasteiger partial charge on any atom is 0.333 e. The lowest BCUT2D eigenvalue weighted by Gasteiger charge is -2.06. The van der Waals surface area contributed by atoms with E-state index in [2.05, 4.69) is 5.10 Å². The Morgan fingerprint density at radius 2 is 2.13 bits per heavy atom. The number of esters is 1. The van der Waals surface area contributed by atoms with Crippen molar-refractivity contribution in [3.05, 3.63) is 39.7 Å². The number of benzene rings is 1. The summed E-state index contributed by atoms with van der Waals surface area (Å²) >= 11 is 0. The van der Waals surface area contributed by atoms with Crippen LogP contribution < -0.4 is 14.2 Å². The van der Waals surface area contributed by atoms with Crippen molar-refractivity contribution in [2.24, 2.45) is 0 Å². The Bertz CT molecular complexity index is 798. The molecular weight excluding hydrogens is 306 g/mol. The summed E-state index contributed by atoms with van der Waals surface area (Å²) in [6.45, 7) is 2.95. The molecular formula is C14H13N3O6. The lowest BCUT2D eigenvalue weighted by molar-refractivity contribution is -0.386. The summed E-state index contributed by atoms with van der Waals surface area (Å²) in [6, 6.07) is 4.76. The normalized spacial score (nSPS) is 12.3. The molecule has 9 nitrogen and oxygen atoms in total. The first-order chi connectivity index (χ1) is 11.0. The summed E-state index contributed by atoms with van der Waals surface area (Å²) in [5.74, 6) is 0.788. The van der Waals surface area contributed by atoms with Crippen LogP contribution in [-0.4, -0.2) is 27.5 Å². The Hall–Kier alpha value is -3.10. The lowest BCUT2D eigenvalue weighted by atomic mass is 10.3. The molecule has 120 valence electrons. The second kappa shape index (κ2) is 5.59. The molecule has 2 aromatic rings. The molecule has 0 saturated carbocycles. The number of carbonyl (C=O) groups is 1. The van der Waals surface area contributed by atoms with Gasteiger partial charge in [-0.25, -0.2) is 4.79 Å². The fourth-order valence-electron chi connectivity index (χ4n) is 2.33. The third kappa shape index (κ3) is 2.80. The van der Waals surface area contributed by atoms with Crippen molar-refractivity contribution in [1.82, 2.24) is 9.78 Å². The molecule has 0 unspecified atom stereocenters. The molecule has 0 bridgehead atoms. The van der Waals surface area contributed by atoms with Gasteiger partial charge in [0.05, 0.1) is 4.92 Å². The van der Waals surface area contributed by atoms with Crippen LogP contribution in [0.1, 0.15) is 11.4 Å². The summed E-state index contributed by atoms with van der Waals surface area (Å²) < 4.78 is 16.8. The van der Waals surface area contributed by atoms with E-state index in [0.717, 1.165) is 0 Å². The van der Waals surface area contributed by atoms with Crippen molar-refractivity contribution in [3.8, 4) is 17.2 Å². The second-order valence-corrected chi connectivity index (χ2v) is 4.92. The van der Waals surface area contributed by atoms with Crippen LogP contribution in [-0.2, 0) is 11.3 Å². The summed E-state index contributed by atoms with van der Waals surface area (Å²) in [5, 5.41) is 15.0. The predicted octanol–water partition coefficient (Wildman–Crippen LogP) is 1.74. The van der Waals surface area contributed by atoms with Crippen LogP contribution in [0.5, 0.6) is 17.2 Å². The number of fused-ring (bicyclic) bond motifs is 1. The average Bonchev–Trinajstić information content (AvgIpc) is 3.03. The molecule has 0 spiro atoms. The first kappa shape index (κ1) is 14.8. The molecule has 0 N–H and O–H groups in total. The van der Waals surface area contributed by atoms with Crippen molar-refractivity contribution in [2.75, 3.05) is 6.79 Å². The number of nitrogens with zero attached hydrogens (tertiary/aromatic N) is 3. The van der Waals surface area contributed by atoms with Gasteiger partial charge in [0.25, 0.3) is 0 Å². The molecule has 3 rings (SSSR count). The zero-order chi connectivity index (χ0) is 16.6. The molecule has 0 amide bonds. The molecule has 0 atom stereocenters. The molecule has 1 aromatic carbocycles. The van der Waals surface area contributed by atoms with Crippen LogP contribution in [0, 0.1) is 24.0 Å². The highest BCUT2D eigenvalue weighted by Crippen LogP contribution is 2.35. The van der Waals surface area contributed by atoms with Crippen LogP contribution in [0.3, 0.4) is 0 Å². The lowest BCUT2D eigenvalue weighted by Crippen LogP contribution is -2.18. The maximum absolute atomic E-state index is 12.0. The van der Waals surface area contributed by atoms with Crippen molar-refractivity contribution >= 4 is 11.7 Å². The van der Waals surface area contributed by atoms with E-state index in [9.17, 15) is 14.9 Å². The van der Waals surface area contributed by atoms with E-state index in [1.165, 1.54) is 18.5 Å². The van der Waals surface area contributed by atoms with Gasteiger partial charge in [0.1, 0.15) is 23.7 Å². The summed E-state index contributed by atoms with van der Waals surface area (Å²) in [7, 11) is 0. The highest BCUT2D eigenvalue weighted by atomic mass is 16.7. The Balaban J connectivity index is 1.73. The number of aromatic nitrogens is 2. The molecule has 0 radical (unpaired) electrons. The number of hydrogen-bond acceptors (Lipinski definition) is 7. The number of ether oxygens (including phenoxy) is 3. The molecule has 9 heteroatoms. The molecule has 2 heterocycles. The third-order valence-electron chi connectivity index (χ3n) is 3.38. The van der Waals surface area contributed by atoms with E-state index in [1.807, 2.05) is 0 Å². The standard InChI is InChI=1S/C14H13N3O6/c1-8-14(17(19)20)9(2)16(15-8)6-13(18)23-10-3-4-11-12(5-10)22-7-21-11/h3-5H,6-7H2,1-2H3. The average molecular weight is 319 g/mol. The first-order valence-corrected chi connectivity index (χ1v) is 6.74. The summed E-state index contributed by atoms with van der Waals surface area (Å²) in [4.78, 5) is 22.4. The van der Waals surface area contributed by atoms with Gasteiger partial charge in [-0.1, -0.05) is 0 Å². The maximum atomic E-state index is 12.0. The van der Waals surface area contributed by atoms with Gasteiger partial charge in [0.15, 0.2) is 11.5 Å². The van der Waals surface area contributed by atoms with E-state index in [-0.39, 0.29) is 24.7 Å². The fourth-order valence-corrected chi connectivity index (χ4v) is 2.33. The van der Waals surface area contributed by atoms with Gasteiger partial charge < -0.3 is 14.2 Å². The van der Waals surface area contributed by atoms with Gasteiger partial charge in [-0.05, 0) is 26.0 Å². The molecule has 1 aliphatic rings. The molecule has 1 aliphatic heterocycles. The molecule has 23 heavy (non-hydrogen) atoms. The quantitative estimate of drug-likeness (QED) is 0.366. The predicted molar refractivity (Wildman–Crippen MR) is 76.6 cm³/mol. The van der Waals surface area contributed by atoms with E-state index < -0.39 is 10.9 Å². The Kier molecular flexibility index (Phi) is 3.61. The third-order valence-corrected chi connectivity index (χ3v) is 3.38. The number of hydrogen-bond donors (Lipinski definition) is 0. The molecule has 0 fully saturated rings. The number of rotatable bonds is 4. The van der Waals surface area contributed by atoms with Crippen LogP contribution >= 0.6 is 0 Å². The fraction of sp³-hybridized carbons (Fsp3) is 0.286. The van der Waals surface area contributed by atoms with Gasteiger partial charge in [-0.2, -0.15) is 5.10 Å². The van der Waals surface area contributed by atoms with Gasteiger partial charge in [0, 0.05) is 6.07 Å². The van der Waals surface area contributed by atoms with Crippen molar-refractivity contribution in [2.45, 2.75) is 20.4 Å². The smallest absolute Gasteiger partial charge is 0.333 e. The second-order valence-electron chi connectivity index (χ2n) is 4.92. The highest BCUT2D eigenvalue weighted by molar-refractivity contribution is 5.72. The van der Waals surface area contributed by atoms with Gasteiger partial charge in [-0.15, -0.1) is 0 Å². The SMILES string of the molecule is Cc1nn(CC(=O)Oc2ccc3c(c2)OCO3)c(C)c1[N+](=O)[O-]. The van der Waals surface area contributed by atoms with E-state index in [1.54, 1.807) is 18.2 Å². The van der Waals surface area contributed by atoms with Crippen molar-refractivity contribution in [3.63, 3.8) is 0 Å². The molecule has 1 aromatic heterocycles. The Morgan fingerprint density at radius 3 is 2.83 bits per heavy atom. The number of nitro groups is 1. The minimum absolute atomic E-state index is 0.0964. The minimum Gasteiger partial charge on any atom is -0.454 e.